The van der Waals surface area contributed by atoms with E-state index >= 15 is 0 Å². The first-order valence-corrected chi connectivity index (χ1v) is 8.62. The maximum atomic E-state index is 12.5. The van der Waals surface area contributed by atoms with E-state index in [1.165, 1.54) is 0 Å². The molecular weight excluding hydrogens is 290 g/mol. The minimum absolute atomic E-state index is 0.103. The molecule has 2 amide bonds. The van der Waals surface area contributed by atoms with Gasteiger partial charge in [0, 0.05) is 45.5 Å². The lowest BCUT2D eigenvalue weighted by Gasteiger charge is -2.32. The molecule has 0 aromatic carbocycles. The number of carbonyl (C=O) groups is 2. The number of rotatable bonds is 3. The Morgan fingerprint density at radius 2 is 1.87 bits per heavy atom. The summed E-state index contributed by atoms with van der Waals surface area (Å²) in [5.41, 5.74) is 1.80. The van der Waals surface area contributed by atoms with Crippen LogP contribution in [0.3, 0.4) is 0 Å². The number of amides is 2. The van der Waals surface area contributed by atoms with E-state index < -0.39 is 0 Å². The van der Waals surface area contributed by atoms with Gasteiger partial charge in [0.2, 0.25) is 5.91 Å². The van der Waals surface area contributed by atoms with Crippen LogP contribution in [0.5, 0.6) is 0 Å². The van der Waals surface area contributed by atoms with Crippen LogP contribution in [0.1, 0.15) is 48.5 Å². The van der Waals surface area contributed by atoms with Gasteiger partial charge in [0.15, 0.2) is 0 Å². The number of nitrogens with zero attached hydrogens (tertiary/aromatic N) is 3. The lowest BCUT2D eigenvalue weighted by molar-refractivity contribution is -0.130. The molecule has 0 aliphatic carbocycles. The van der Waals surface area contributed by atoms with E-state index in [0.717, 1.165) is 63.8 Å². The molecule has 0 radical (unpaired) electrons. The summed E-state index contributed by atoms with van der Waals surface area (Å²) in [5.74, 6) is 0.725. The van der Waals surface area contributed by atoms with Crippen molar-refractivity contribution >= 4 is 11.8 Å². The smallest absolute Gasteiger partial charge is 0.255 e. The Balaban J connectivity index is 1.65. The van der Waals surface area contributed by atoms with Crippen molar-refractivity contribution in [2.24, 2.45) is 5.92 Å². The molecule has 1 atom stereocenters. The van der Waals surface area contributed by atoms with Gasteiger partial charge in [0.25, 0.3) is 5.91 Å². The molecule has 0 N–H and O–H groups in total. The van der Waals surface area contributed by atoms with E-state index in [9.17, 15) is 9.59 Å². The van der Waals surface area contributed by atoms with Crippen molar-refractivity contribution in [3.8, 4) is 0 Å². The Hall–Kier alpha value is -1.91. The molecule has 3 rings (SSSR count). The van der Waals surface area contributed by atoms with Crippen LogP contribution in [0.4, 0.5) is 0 Å². The van der Waals surface area contributed by atoms with Gasteiger partial charge in [-0.1, -0.05) is 0 Å². The largest absolute Gasteiger partial charge is 0.343 e. The van der Waals surface area contributed by atoms with Crippen molar-refractivity contribution in [2.45, 2.75) is 39.0 Å². The summed E-state index contributed by atoms with van der Waals surface area (Å²) in [6, 6.07) is 1.99. The fourth-order valence-electron chi connectivity index (χ4n) is 3.67. The van der Waals surface area contributed by atoms with Gasteiger partial charge in [-0.3, -0.25) is 14.6 Å². The summed E-state index contributed by atoms with van der Waals surface area (Å²) in [7, 11) is 0. The summed E-state index contributed by atoms with van der Waals surface area (Å²) in [6.45, 7) is 5.05. The van der Waals surface area contributed by atoms with Crippen LogP contribution in [0.2, 0.25) is 0 Å². The number of aromatic nitrogens is 1. The number of likely N-dealkylation sites (tertiary alicyclic amines) is 2. The van der Waals surface area contributed by atoms with Crippen molar-refractivity contribution < 1.29 is 9.59 Å². The number of carbonyl (C=O) groups excluding carboxylic acids is 2. The molecule has 2 fully saturated rings. The van der Waals surface area contributed by atoms with Crippen molar-refractivity contribution in [1.29, 1.82) is 0 Å². The zero-order chi connectivity index (χ0) is 16.2. The van der Waals surface area contributed by atoms with E-state index in [4.69, 9.17) is 0 Å². The number of piperidine rings is 1. The Bertz CT molecular complexity index is 581. The summed E-state index contributed by atoms with van der Waals surface area (Å²) in [5, 5.41) is 0. The van der Waals surface area contributed by atoms with Crippen LogP contribution in [0, 0.1) is 5.92 Å². The third-order valence-electron chi connectivity index (χ3n) is 4.92. The molecule has 2 saturated heterocycles. The second-order valence-corrected chi connectivity index (χ2v) is 6.76. The summed E-state index contributed by atoms with van der Waals surface area (Å²) < 4.78 is 0. The first-order chi connectivity index (χ1) is 11.1. The van der Waals surface area contributed by atoms with E-state index in [1.807, 2.05) is 22.1 Å². The quantitative estimate of drug-likeness (QED) is 0.858. The highest BCUT2D eigenvalue weighted by Gasteiger charge is 2.23. The highest BCUT2D eigenvalue weighted by molar-refractivity contribution is 5.94. The van der Waals surface area contributed by atoms with E-state index in [-0.39, 0.29) is 11.8 Å². The van der Waals surface area contributed by atoms with Crippen LogP contribution >= 0.6 is 0 Å². The SMILES string of the molecule is CC(=O)N1CCC[C@@H](Cc2cncc(C(=O)N3CCCC3)c2)C1. The zero-order valence-electron chi connectivity index (χ0n) is 13.8. The standard InChI is InChI=1S/C18H25N3O2/c1-14(22)21-8-4-5-15(13-21)9-16-10-17(12-19-11-16)18(23)20-6-2-3-7-20/h10-12,15H,2-9,13H2,1H3/t15-/m0/s1. The molecule has 1 aromatic rings. The molecule has 5 nitrogen and oxygen atoms in total. The minimum Gasteiger partial charge on any atom is -0.343 e. The van der Waals surface area contributed by atoms with Crippen LogP contribution < -0.4 is 0 Å². The number of hydrogen-bond donors (Lipinski definition) is 0. The van der Waals surface area contributed by atoms with Crippen LogP contribution in [0.25, 0.3) is 0 Å². The zero-order valence-corrected chi connectivity index (χ0v) is 13.8. The molecule has 23 heavy (non-hydrogen) atoms. The predicted molar refractivity (Wildman–Crippen MR) is 88.1 cm³/mol. The average Bonchev–Trinajstić information content (AvgIpc) is 3.09. The Morgan fingerprint density at radius 3 is 2.61 bits per heavy atom. The molecule has 0 bridgehead atoms. The van der Waals surface area contributed by atoms with Crippen LogP contribution in [-0.2, 0) is 11.2 Å². The Kier molecular flexibility index (Phi) is 4.94. The maximum absolute atomic E-state index is 12.5. The highest BCUT2D eigenvalue weighted by Crippen LogP contribution is 2.21. The van der Waals surface area contributed by atoms with Crippen molar-refractivity contribution in [3.63, 3.8) is 0 Å². The molecule has 5 heteroatoms. The third-order valence-corrected chi connectivity index (χ3v) is 4.92. The second-order valence-electron chi connectivity index (χ2n) is 6.76. The summed E-state index contributed by atoms with van der Waals surface area (Å²) in [4.78, 5) is 32.1. The van der Waals surface area contributed by atoms with Crippen LogP contribution in [0.15, 0.2) is 18.5 Å². The van der Waals surface area contributed by atoms with Gasteiger partial charge in [-0.05, 0) is 49.7 Å². The van der Waals surface area contributed by atoms with Gasteiger partial charge in [0.05, 0.1) is 5.56 Å². The first kappa shape index (κ1) is 16.0. The summed E-state index contributed by atoms with van der Waals surface area (Å²) >= 11 is 0. The van der Waals surface area contributed by atoms with Gasteiger partial charge in [-0.2, -0.15) is 0 Å². The van der Waals surface area contributed by atoms with Gasteiger partial charge < -0.3 is 9.80 Å². The minimum atomic E-state index is 0.103. The van der Waals surface area contributed by atoms with E-state index in [0.29, 0.717) is 11.5 Å². The normalized spacial score (nSPS) is 21.5. The predicted octanol–water partition coefficient (Wildman–Crippen LogP) is 2.12. The molecule has 0 spiro atoms. The first-order valence-electron chi connectivity index (χ1n) is 8.62. The second kappa shape index (κ2) is 7.11. The molecule has 3 heterocycles. The van der Waals surface area contributed by atoms with Crippen molar-refractivity contribution in [2.75, 3.05) is 26.2 Å². The average molecular weight is 315 g/mol. The lowest BCUT2D eigenvalue weighted by atomic mass is 9.91. The third kappa shape index (κ3) is 3.89. The number of hydrogen-bond acceptors (Lipinski definition) is 3. The van der Waals surface area contributed by atoms with Gasteiger partial charge in [-0.15, -0.1) is 0 Å². The molecule has 2 aliphatic heterocycles. The van der Waals surface area contributed by atoms with Gasteiger partial charge in [-0.25, -0.2) is 0 Å². The van der Waals surface area contributed by atoms with E-state index in [2.05, 4.69) is 4.98 Å². The Labute approximate surface area is 137 Å². The van der Waals surface area contributed by atoms with Crippen LogP contribution in [-0.4, -0.2) is 52.8 Å². The maximum Gasteiger partial charge on any atom is 0.255 e. The van der Waals surface area contributed by atoms with Gasteiger partial charge in [0.1, 0.15) is 0 Å². The molecule has 2 aliphatic rings. The number of pyridine rings is 1. The fourth-order valence-corrected chi connectivity index (χ4v) is 3.67. The lowest BCUT2D eigenvalue weighted by Crippen LogP contribution is -2.39. The van der Waals surface area contributed by atoms with E-state index in [1.54, 1.807) is 13.1 Å². The summed E-state index contributed by atoms with van der Waals surface area (Å²) in [6.07, 6.45) is 8.81. The highest BCUT2D eigenvalue weighted by atomic mass is 16.2. The van der Waals surface area contributed by atoms with Gasteiger partial charge >= 0.3 is 0 Å². The Morgan fingerprint density at radius 1 is 1.13 bits per heavy atom. The molecule has 1 aromatic heterocycles. The monoisotopic (exact) mass is 315 g/mol. The molecule has 0 saturated carbocycles. The van der Waals surface area contributed by atoms with Crippen molar-refractivity contribution in [1.82, 2.24) is 14.8 Å². The molecular formula is C18H25N3O2. The van der Waals surface area contributed by atoms with Crippen molar-refractivity contribution in [3.05, 3.63) is 29.6 Å². The molecule has 0 unspecified atom stereocenters. The fraction of sp³-hybridized carbons (Fsp3) is 0.611. The topological polar surface area (TPSA) is 53.5 Å². The molecule has 124 valence electrons.